The van der Waals surface area contributed by atoms with E-state index in [0.717, 1.165) is 55.5 Å². The van der Waals surface area contributed by atoms with Crippen LogP contribution < -0.4 is 19.9 Å². The Hall–Kier alpha value is -3.56. The maximum Gasteiger partial charge on any atom is 0.241 e. The van der Waals surface area contributed by atoms with Gasteiger partial charge in [-0.1, -0.05) is 37.3 Å². The number of carbonyl (C=O) groups excluding carboxylic acids is 2. The number of hydrogen-bond donors (Lipinski definition) is 1. The summed E-state index contributed by atoms with van der Waals surface area (Å²) in [5, 5.41) is 2.47. The average Bonchev–Trinajstić information content (AvgIpc) is 3.01. The average molecular weight is 577 g/mol. The van der Waals surface area contributed by atoms with Crippen molar-refractivity contribution in [3.05, 3.63) is 84.2 Å². The summed E-state index contributed by atoms with van der Waals surface area (Å²) in [6.45, 7) is 7.26. The summed E-state index contributed by atoms with van der Waals surface area (Å²) in [7, 11) is 1.67. The third-order valence-corrected chi connectivity index (χ3v) is 9.30. The molecule has 0 spiro atoms. The Morgan fingerprint density at radius 2 is 1.73 bits per heavy atom. The molecule has 0 unspecified atom stereocenters. The Balaban J connectivity index is 1.11. The van der Waals surface area contributed by atoms with Crippen molar-refractivity contribution in [1.29, 1.82) is 0 Å². The van der Waals surface area contributed by atoms with Crippen LogP contribution in [-0.2, 0) is 16.1 Å². The number of methoxy groups -OCH3 is 1. The molecule has 41 heavy (non-hydrogen) atoms. The number of piperazine rings is 1. The third kappa shape index (κ3) is 6.85. The van der Waals surface area contributed by atoms with Gasteiger partial charge in [0.25, 0.3) is 0 Å². The van der Waals surface area contributed by atoms with Crippen molar-refractivity contribution < 1.29 is 18.7 Å². The third-order valence-electron chi connectivity index (χ3n) is 7.83. The molecule has 2 heterocycles. The predicted octanol–water partition coefficient (Wildman–Crippen LogP) is 4.81. The Labute approximate surface area is 245 Å². The number of nitrogens with zero attached hydrogens (tertiary/aromatic N) is 3. The van der Waals surface area contributed by atoms with Crippen LogP contribution in [0.15, 0.2) is 77.7 Å². The van der Waals surface area contributed by atoms with Crippen molar-refractivity contribution >= 4 is 35.0 Å². The van der Waals surface area contributed by atoms with Gasteiger partial charge in [0.2, 0.25) is 11.8 Å². The minimum atomic E-state index is -0.581. The molecule has 1 N–H and O–H groups in total. The van der Waals surface area contributed by atoms with Crippen LogP contribution in [0.25, 0.3) is 0 Å². The van der Waals surface area contributed by atoms with Gasteiger partial charge in [0.15, 0.2) is 0 Å². The van der Waals surface area contributed by atoms with Crippen molar-refractivity contribution in [3.63, 3.8) is 0 Å². The lowest BCUT2D eigenvalue weighted by molar-refractivity contribution is -0.128. The lowest BCUT2D eigenvalue weighted by Gasteiger charge is -2.36. The molecule has 3 aromatic carbocycles. The fourth-order valence-corrected chi connectivity index (χ4v) is 6.64. The normalized spacial score (nSPS) is 18.1. The van der Waals surface area contributed by atoms with E-state index in [4.69, 9.17) is 4.74 Å². The fraction of sp³-hybridized carbons (Fsp3) is 0.375. The van der Waals surface area contributed by atoms with Gasteiger partial charge in [-0.25, -0.2) is 4.39 Å². The SMILES string of the molecule is COc1ccc(N2CCN(CCCNC(=O)[C@H](C)[C@@H]3Sc4ccccc4N(Cc4ccccc4F)C3=O)CC2)cc1. The topological polar surface area (TPSA) is 65.1 Å². The molecule has 216 valence electrons. The summed E-state index contributed by atoms with van der Waals surface area (Å²) >= 11 is 1.42. The largest absolute Gasteiger partial charge is 0.497 e. The number of para-hydroxylation sites is 1. The number of benzene rings is 3. The van der Waals surface area contributed by atoms with Crippen LogP contribution in [0.3, 0.4) is 0 Å². The smallest absolute Gasteiger partial charge is 0.241 e. The molecule has 3 aromatic rings. The molecule has 0 aromatic heterocycles. The zero-order valence-corrected chi connectivity index (χ0v) is 24.4. The molecule has 0 radical (unpaired) electrons. The monoisotopic (exact) mass is 576 g/mol. The molecule has 2 amide bonds. The predicted molar refractivity (Wildman–Crippen MR) is 162 cm³/mol. The zero-order valence-electron chi connectivity index (χ0n) is 23.6. The number of anilines is 2. The first-order chi connectivity index (χ1) is 19.9. The molecule has 2 aliphatic rings. The fourth-order valence-electron chi connectivity index (χ4n) is 5.35. The van der Waals surface area contributed by atoms with Gasteiger partial charge >= 0.3 is 0 Å². The summed E-state index contributed by atoms with van der Waals surface area (Å²) < 4.78 is 19.7. The van der Waals surface area contributed by atoms with Gasteiger partial charge < -0.3 is 19.9 Å². The number of hydrogen-bond acceptors (Lipinski definition) is 6. The van der Waals surface area contributed by atoms with Gasteiger partial charge in [0.05, 0.1) is 25.3 Å². The second-order valence-electron chi connectivity index (χ2n) is 10.5. The molecule has 9 heteroatoms. The first-order valence-corrected chi connectivity index (χ1v) is 15.0. The Kier molecular flexibility index (Phi) is 9.46. The highest BCUT2D eigenvalue weighted by atomic mass is 32.2. The van der Waals surface area contributed by atoms with Crippen molar-refractivity contribution in [2.75, 3.05) is 56.2 Å². The highest BCUT2D eigenvalue weighted by molar-refractivity contribution is 8.01. The van der Waals surface area contributed by atoms with Gasteiger partial charge in [-0.2, -0.15) is 0 Å². The van der Waals surface area contributed by atoms with E-state index in [9.17, 15) is 14.0 Å². The Bertz CT molecular complexity index is 1350. The van der Waals surface area contributed by atoms with E-state index in [1.807, 2.05) is 36.4 Å². The van der Waals surface area contributed by atoms with Crippen LogP contribution in [0.2, 0.25) is 0 Å². The molecule has 2 atom stereocenters. The molecule has 7 nitrogen and oxygen atoms in total. The van der Waals surface area contributed by atoms with Gasteiger partial charge in [-0.15, -0.1) is 11.8 Å². The van der Waals surface area contributed by atoms with Crippen molar-refractivity contribution in [2.45, 2.75) is 30.0 Å². The molecule has 1 fully saturated rings. The van der Waals surface area contributed by atoms with E-state index < -0.39 is 11.2 Å². The van der Waals surface area contributed by atoms with Crippen molar-refractivity contribution in [1.82, 2.24) is 10.2 Å². The Morgan fingerprint density at radius 3 is 2.46 bits per heavy atom. The van der Waals surface area contributed by atoms with Gasteiger partial charge in [0.1, 0.15) is 16.8 Å². The summed E-state index contributed by atoms with van der Waals surface area (Å²) in [6, 6.07) is 22.3. The highest BCUT2D eigenvalue weighted by Crippen LogP contribution is 2.42. The van der Waals surface area contributed by atoms with E-state index in [1.165, 1.54) is 23.5 Å². The first-order valence-electron chi connectivity index (χ1n) is 14.1. The summed E-state index contributed by atoms with van der Waals surface area (Å²) in [5.41, 5.74) is 2.40. The molecule has 0 aliphatic carbocycles. The van der Waals surface area contributed by atoms with Crippen LogP contribution in [0.5, 0.6) is 5.75 Å². The maximum atomic E-state index is 14.4. The van der Waals surface area contributed by atoms with Crippen LogP contribution >= 0.6 is 11.8 Å². The van der Waals surface area contributed by atoms with E-state index in [1.54, 1.807) is 37.1 Å². The van der Waals surface area contributed by atoms with E-state index in [2.05, 4.69) is 27.2 Å². The zero-order chi connectivity index (χ0) is 28.8. The molecular weight excluding hydrogens is 539 g/mol. The summed E-state index contributed by atoms with van der Waals surface area (Å²) in [4.78, 5) is 34.1. The van der Waals surface area contributed by atoms with Crippen LogP contribution in [0.1, 0.15) is 18.9 Å². The second-order valence-corrected chi connectivity index (χ2v) is 11.7. The van der Waals surface area contributed by atoms with Crippen molar-refractivity contribution in [2.24, 2.45) is 5.92 Å². The van der Waals surface area contributed by atoms with E-state index in [0.29, 0.717) is 12.1 Å². The number of carbonyl (C=O) groups is 2. The quantitative estimate of drug-likeness (QED) is 0.350. The van der Waals surface area contributed by atoms with E-state index in [-0.39, 0.29) is 24.2 Å². The van der Waals surface area contributed by atoms with Crippen LogP contribution in [0, 0.1) is 11.7 Å². The Morgan fingerprint density at radius 1 is 1.02 bits per heavy atom. The summed E-state index contributed by atoms with van der Waals surface area (Å²) in [6.07, 6.45) is 0.842. The van der Waals surface area contributed by atoms with Crippen molar-refractivity contribution in [3.8, 4) is 5.75 Å². The van der Waals surface area contributed by atoms with Gasteiger partial charge in [0, 0.05) is 48.9 Å². The lowest BCUT2D eigenvalue weighted by atomic mass is 10.0. The van der Waals surface area contributed by atoms with Gasteiger partial charge in [-0.3, -0.25) is 14.5 Å². The molecular formula is C32H37FN4O3S. The standard InChI is InChI=1S/C32H37FN4O3S/c1-23(30-32(39)37(22-24-8-3-4-9-27(24)33)28-10-5-6-11-29(28)41-30)31(38)34-16-7-17-35-18-20-36(21-19-35)25-12-14-26(40-2)15-13-25/h3-6,8-15,23,30H,7,16-22H2,1-2H3,(H,34,38)/t23-,30+/m1/s1. The minimum Gasteiger partial charge on any atom is -0.497 e. The second kappa shape index (κ2) is 13.4. The lowest BCUT2D eigenvalue weighted by Crippen LogP contribution is -2.48. The van der Waals surface area contributed by atoms with Gasteiger partial charge in [-0.05, 0) is 55.4 Å². The number of nitrogens with one attached hydrogen (secondary N) is 1. The number of fused-ring (bicyclic) bond motifs is 1. The number of ether oxygens (including phenoxy) is 1. The van der Waals surface area contributed by atoms with E-state index >= 15 is 0 Å². The van der Waals surface area contributed by atoms with Crippen LogP contribution in [-0.4, -0.2) is 68.3 Å². The number of halogens is 1. The maximum absolute atomic E-state index is 14.4. The number of rotatable bonds is 10. The summed E-state index contributed by atoms with van der Waals surface area (Å²) in [5.74, 6) is -0.322. The molecule has 1 saturated heterocycles. The minimum absolute atomic E-state index is 0.125. The highest BCUT2D eigenvalue weighted by Gasteiger charge is 2.39. The molecule has 2 aliphatic heterocycles. The molecule has 0 saturated carbocycles. The molecule has 0 bridgehead atoms. The van der Waals surface area contributed by atoms with Crippen LogP contribution in [0.4, 0.5) is 15.8 Å². The molecule has 5 rings (SSSR count). The first kappa shape index (κ1) is 29.0. The number of amides is 2. The number of thioether (sulfide) groups is 1.